The molecule has 0 unspecified atom stereocenters. The molecule has 3 fully saturated rings. The summed E-state index contributed by atoms with van der Waals surface area (Å²) in [5.74, 6) is 1.31. The van der Waals surface area contributed by atoms with Crippen LogP contribution in [0.2, 0.25) is 0 Å². The average Bonchev–Trinajstić information content (AvgIpc) is 3.56. The van der Waals surface area contributed by atoms with Gasteiger partial charge in [-0.05, 0) is 63.3 Å². The SMILES string of the molecule is C[C@H]1COCCN1c1cc(C2(S(C)(O)O)CCC2)nc(-c2ccc(NC(=O)NC3CC3)cc2)n1. The molecule has 1 saturated heterocycles. The number of ether oxygens (including phenoxy) is 1. The molecule has 1 atom stereocenters. The zero-order valence-electron chi connectivity index (χ0n) is 19.7. The van der Waals surface area contributed by atoms with Crippen LogP contribution in [-0.4, -0.2) is 63.2 Å². The fourth-order valence-corrected chi connectivity index (χ4v) is 6.20. The molecule has 5 rings (SSSR count). The standard InChI is InChI=1S/C24H33N5O4S/c1-16-15-33-13-12-29(16)21-14-20(24(10-3-11-24)34(2,31)32)27-22(28-21)17-4-6-18(7-5-17)25-23(30)26-19-8-9-19/h4-7,14,16,19,31-32H,3,8-13,15H2,1-2H3,(H2,25,26,30)/t16-/m0/s1. The minimum atomic E-state index is -2.85. The molecular formula is C24H33N5O4S. The van der Waals surface area contributed by atoms with Crippen LogP contribution in [0, 0.1) is 0 Å². The number of anilines is 2. The number of aromatic nitrogens is 2. The van der Waals surface area contributed by atoms with E-state index in [4.69, 9.17) is 14.7 Å². The Morgan fingerprint density at radius 3 is 2.53 bits per heavy atom. The van der Waals surface area contributed by atoms with Crippen LogP contribution in [0.3, 0.4) is 0 Å². The number of nitrogens with zero attached hydrogens (tertiary/aromatic N) is 3. The number of carbonyl (C=O) groups is 1. The first kappa shape index (κ1) is 23.3. The maximum absolute atomic E-state index is 12.0. The predicted octanol–water partition coefficient (Wildman–Crippen LogP) is 4.41. The lowest BCUT2D eigenvalue weighted by atomic mass is 9.81. The molecule has 2 aromatic rings. The average molecular weight is 488 g/mol. The summed E-state index contributed by atoms with van der Waals surface area (Å²) in [4.78, 5) is 24.0. The van der Waals surface area contributed by atoms with Crippen LogP contribution in [0.4, 0.5) is 16.3 Å². The molecule has 1 aliphatic heterocycles. The van der Waals surface area contributed by atoms with E-state index in [1.54, 1.807) is 0 Å². The van der Waals surface area contributed by atoms with Crippen molar-refractivity contribution in [2.24, 2.45) is 0 Å². The summed E-state index contributed by atoms with van der Waals surface area (Å²) in [7, 11) is -2.85. The summed E-state index contributed by atoms with van der Waals surface area (Å²) < 4.78 is 26.3. The monoisotopic (exact) mass is 487 g/mol. The lowest BCUT2D eigenvalue weighted by molar-refractivity contribution is 0.0985. The molecule has 0 spiro atoms. The Labute approximate surface area is 201 Å². The maximum atomic E-state index is 12.0. The second kappa shape index (κ2) is 8.99. The second-order valence-corrected chi connectivity index (χ2v) is 12.1. The number of carbonyl (C=O) groups excluding carboxylic acids is 1. The number of benzene rings is 1. The van der Waals surface area contributed by atoms with Crippen molar-refractivity contribution in [3.05, 3.63) is 36.0 Å². The van der Waals surface area contributed by atoms with Gasteiger partial charge in [0.2, 0.25) is 0 Å². The van der Waals surface area contributed by atoms with E-state index >= 15 is 0 Å². The van der Waals surface area contributed by atoms with Crippen molar-refractivity contribution in [3.63, 3.8) is 0 Å². The van der Waals surface area contributed by atoms with Crippen LogP contribution in [0.1, 0.15) is 44.7 Å². The van der Waals surface area contributed by atoms with Crippen LogP contribution in [-0.2, 0) is 9.48 Å². The third kappa shape index (κ3) is 4.59. The topological polar surface area (TPSA) is 120 Å². The van der Waals surface area contributed by atoms with Gasteiger partial charge in [-0.3, -0.25) is 9.11 Å². The number of nitrogens with one attached hydrogen (secondary N) is 2. The van der Waals surface area contributed by atoms with Crippen molar-refractivity contribution in [3.8, 4) is 11.4 Å². The molecular weight excluding hydrogens is 454 g/mol. The molecule has 9 nitrogen and oxygen atoms in total. The molecule has 1 aromatic carbocycles. The van der Waals surface area contributed by atoms with Gasteiger partial charge in [0.25, 0.3) is 0 Å². The number of morpholine rings is 1. The number of rotatable bonds is 6. The molecule has 0 radical (unpaired) electrons. The molecule has 34 heavy (non-hydrogen) atoms. The first-order chi connectivity index (χ1) is 16.2. The molecule has 0 bridgehead atoms. The fraction of sp³-hybridized carbons (Fsp3) is 0.542. The first-order valence-corrected chi connectivity index (χ1v) is 13.9. The lowest BCUT2D eigenvalue weighted by Crippen LogP contribution is -2.45. The quantitative estimate of drug-likeness (QED) is 0.476. The summed E-state index contributed by atoms with van der Waals surface area (Å²) in [6.45, 7) is 4.05. The van der Waals surface area contributed by atoms with Gasteiger partial charge in [0.05, 0.1) is 24.9 Å². The third-order valence-electron chi connectivity index (χ3n) is 7.06. The summed E-state index contributed by atoms with van der Waals surface area (Å²) in [6.07, 6.45) is 5.93. The highest BCUT2D eigenvalue weighted by Gasteiger charge is 2.49. The number of amides is 2. The number of hydrogen-bond donors (Lipinski definition) is 4. The van der Waals surface area contributed by atoms with Gasteiger partial charge in [-0.25, -0.2) is 14.8 Å². The Hall–Kier alpha value is -2.40. The van der Waals surface area contributed by atoms with Gasteiger partial charge in [-0.2, -0.15) is 10.6 Å². The molecule has 4 N–H and O–H groups in total. The molecule has 2 saturated carbocycles. The second-order valence-electron chi connectivity index (χ2n) is 9.68. The Kier molecular flexibility index (Phi) is 6.18. The van der Waals surface area contributed by atoms with Crippen LogP contribution in [0.15, 0.2) is 30.3 Å². The zero-order valence-corrected chi connectivity index (χ0v) is 20.5. The van der Waals surface area contributed by atoms with Crippen molar-refractivity contribution < 1.29 is 18.6 Å². The summed E-state index contributed by atoms with van der Waals surface area (Å²) in [5, 5.41) is 5.77. The molecule has 10 heteroatoms. The van der Waals surface area contributed by atoms with Crippen LogP contribution in [0.25, 0.3) is 11.4 Å². The third-order valence-corrected chi connectivity index (χ3v) is 9.15. The Balaban J connectivity index is 1.48. The van der Waals surface area contributed by atoms with Crippen molar-refractivity contribution in [2.45, 2.75) is 55.9 Å². The Bertz CT molecular complexity index is 1050. The van der Waals surface area contributed by atoms with E-state index < -0.39 is 15.3 Å². The zero-order chi connectivity index (χ0) is 23.9. The predicted molar refractivity (Wildman–Crippen MR) is 135 cm³/mol. The van der Waals surface area contributed by atoms with Crippen LogP contribution >= 0.6 is 10.6 Å². The smallest absolute Gasteiger partial charge is 0.319 e. The molecule has 2 heterocycles. The van der Waals surface area contributed by atoms with Gasteiger partial charge in [-0.15, -0.1) is 0 Å². The Morgan fingerprint density at radius 2 is 1.94 bits per heavy atom. The van der Waals surface area contributed by atoms with E-state index in [1.165, 1.54) is 6.26 Å². The molecule has 2 aliphatic carbocycles. The van der Waals surface area contributed by atoms with Gasteiger partial charge >= 0.3 is 6.03 Å². The molecule has 1 aromatic heterocycles. The van der Waals surface area contributed by atoms with Gasteiger partial charge in [-0.1, -0.05) is 0 Å². The van der Waals surface area contributed by atoms with Gasteiger partial charge in [0.15, 0.2) is 5.82 Å². The van der Waals surface area contributed by atoms with E-state index in [0.29, 0.717) is 55.8 Å². The summed E-state index contributed by atoms with van der Waals surface area (Å²) >= 11 is 0. The Morgan fingerprint density at radius 1 is 1.21 bits per heavy atom. The highest BCUT2D eigenvalue weighted by Crippen LogP contribution is 2.65. The van der Waals surface area contributed by atoms with E-state index in [2.05, 4.69) is 22.5 Å². The molecule has 184 valence electrons. The van der Waals surface area contributed by atoms with Crippen LogP contribution in [0.5, 0.6) is 0 Å². The minimum Gasteiger partial charge on any atom is -0.377 e. The largest absolute Gasteiger partial charge is 0.377 e. The lowest BCUT2D eigenvalue weighted by Gasteiger charge is -2.53. The van der Waals surface area contributed by atoms with E-state index in [9.17, 15) is 13.9 Å². The fourth-order valence-electron chi connectivity index (χ4n) is 4.63. The van der Waals surface area contributed by atoms with Crippen molar-refractivity contribution in [1.82, 2.24) is 15.3 Å². The van der Waals surface area contributed by atoms with Crippen molar-refractivity contribution >= 4 is 28.1 Å². The number of hydrogen-bond acceptors (Lipinski definition) is 7. The van der Waals surface area contributed by atoms with Gasteiger partial charge < -0.3 is 20.3 Å². The highest BCUT2D eigenvalue weighted by molar-refractivity contribution is 8.24. The van der Waals surface area contributed by atoms with Crippen molar-refractivity contribution in [1.29, 1.82) is 0 Å². The number of urea groups is 1. The van der Waals surface area contributed by atoms with E-state index in [1.807, 2.05) is 30.3 Å². The van der Waals surface area contributed by atoms with Gasteiger partial charge in [0, 0.05) is 36.2 Å². The molecule has 2 amide bonds. The highest BCUT2D eigenvalue weighted by atomic mass is 32.3. The van der Waals surface area contributed by atoms with E-state index in [0.717, 1.165) is 30.6 Å². The maximum Gasteiger partial charge on any atom is 0.319 e. The van der Waals surface area contributed by atoms with E-state index in [-0.39, 0.29) is 12.1 Å². The summed E-state index contributed by atoms with van der Waals surface area (Å²) in [6, 6.07) is 9.62. The van der Waals surface area contributed by atoms with Crippen molar-refractivity contribution in [2.75, 3.05) is 36.2 Å². The first-order valence-electron chi connectivity index (χ1n) is 11.9. The van der Waals surface area contributed by atoms with Gasteiger partial charge in [0.1, 0.15) is 10.6 Å². The summed E-state index contributed by atoms with van der Waals surface area (Å²) in [5.41, 5.74) is 2.18. The minimum absolute atomic E-state index is 0.153. The van der Waals surface area contributed by atoms with Crippen LogP contribution < -0.4 is 15.5 Å². The normalized spacial score (nSPS) is 22.6. The molecule has 3 aliphatic rings.